The molecular weight excluding hydrogens is 328 g/mol. The van der Waals surface area contributed by atoms with Crippen molar-refractivity contribution in [3.05, 3.63) is 22.7 Å². The molecule has 1 heterocycles. The van der Waals surface area contributed by atoms with Gasteiger partial charge in [-0.05, 0) is 51.8 Å². The van der Waals surface area contributed by atoms with E-state index in [9.17, 15) is 4.79 Å². The van der Waals surface area contributed by atoms with Gasteiger partial charge in [-0.3, -0.25) is 4.79 Å². The predicted molar refractivity (Wildman–Crippen MR) is 96.4 cm³/mol. The summed E-state index contributed by atoms with van der Waals surface area (Å²) in [5.74, 6) is 0.878. The van der Waals surface area contributed by atoms with Gasteiger partial charge >= 0.3 is 0 Å². The molecule has 1 saturated heterocycles. The van der Waals surface area contributed by atoms with Crippen molar-refractivity contribution >= 4 is 17.5 Å². The lowest BCUT2D eigenvalue weighted by atomic mass is 9.99. The van der Waals surface area contributed by atoms with Gasteiger partial charge in [0.1, 0.15) is 0 Å². The van der Waals surface area contributed by atoms with Crippen LogP contribution in [0.5, 0.6) is 11.5 Å². The monoisotopic (exact) mass is 354 g/mol. The van der Waals surface area contributed by atoms with Crippen LogP contribution in [0.3, 0.4) is 0 Å². The summed E-state index contributed by atoms with van der Waals surface area (Å²) in [5, 5.41) is 6.86. The number of amides is 1. The van der Waals surface area contributed by atoms with Gasteiger partial charge in [0.25, 0.3) is 5.91 Å². The first-order chi connectivity index (χ1) is 11.6. The smallest absolute Gasteiger partial charge is 0.251 e. The molecule has 1 aliphatic heterocycles. The summed E-state index contributed by atoms with van der Waals surface area (Å²) in [6.07, 6.45) is 2.91. The molecule has 6 heteroatoms. The molecular formula is C18H27ClN2O3. The number of hydrogen-bond donors (Lipinski definition) is 2. The molecule has 2 atom stereocenters. The van der Waals surface area contributed by atoms with Gasteiger partial charge < -0.3 is 20.1 Å². The highest BCUT2D eigenvalue weighted by Gasteiger charge is 2.24. The van der Waals surface area contributed by atoms with Crippen molar-refractivity contribution in [3.63, 3.8) is 0 Å². The minimum atomic E-state index is -0.138. The van der Waals surface area contributed by atoms with E-state index in [2.05, 4.69) is 17.6 Å². The molecule has 1 aromatic carbocycles. The van der Waals surface area contributed by atoms with E-state index >= 15 is 0 Å². The average Bonchev–Trinajstić information content (AvgIpc) is 2.56. The molecule has 134 valence electrons. The second-order valence-electron chi connectivity index (χ2n) is 6.03. The van der Waals surface area contributed by atoms with Gasteiger partial charge in [-0.2, -0.15) is 0 Å². The summed E-state index contributed by atoms with van der Waals surface area (Å²) >= 11 is 6.32. The first-order valence-electron chi connectivity index (χ1n) is 8.70. The Hall–Kier alpha value is -1.46. The highest BCUT2D eigenvalue weighted by Crippen LogP contribution is 2.37. The first kappa shape index (κ1) is 18.9. The Labute approximate surface area is 149 Å². The van der Waals surface area contributed by atoms with Crippen LogP contribution < -0.4 is 20.1 Å². The number of carbonyl (C=O) groups excluding carboxylic acids is 1. The van der Waals surface area contributed by atoms with Crippen LogP contribution in [0, 0.1) is 0 Å². The zero-order chi connectivity index (χ0) is 17.5. The number of carbonyl (C=O) groups is 1. The third kappa shape index (κ3) is 4.77. The van der Waals surface area contributed by atoms with E-state index < -0.39 is 0 Å². The summed E-state index contributed by atoms with van der Waals surface area (Å²) in [7, 11) is 0. The molecule has 2 N–H and O–H groups in total. The molecule has 1 amide bonds. The SMILES string of the molecule is CCCOc1c(Cl)cc(C(=O)NC2CCCNC2C)cc1OCC. The second kappa shape index (κ2) is 9.14. The van der Waals surface area contributed by atoms with Crippen molar-refractivity contribution in [1.29, 1.82) is 0 Å². The fourth-order valence-electron chi connectivity index (χ4n) is 2.80. The zero-order valence-corrected chi connectivity index (χ0v) is 15.4. The van der Waals surface area contributed by atoms with E-state index in [0.29, 0.717) is 35.3 Å². The molecule has 0 spiro atoms. The van der Waals surface area contributed by atoms with Crippen molar-refractivity contribution in [2.24, 2.45) is 0 Å². The number of ether oxygens (including phenoxy) is 2. The van der Waals surface area contributed by atoms with E-state index in [1.54, 1.807) is 12.1 Å². The lowest BCUT2D eigenvalue weighted by Gasteiger charge is -2.30. The number of halogens is 1. The topological polar surface area (TPSA) is 59.6 Å². The van der Waals surface area contributed by atoms with Crippen molar-refractivity contribution in [2.45, 2.75) is 52.1 Å². The van der Waals surface area contributed by atoms with Crippen molar-refractivity contribution in [3.8, 4) is 11.5 Å². The number of nitrogens with one attached hydrogen (secondary N) is 2. The van der Waals surface area contributed by atoms with Gasteiger partial charge in [-0.25, -0.2) is 0 Å². The number of hydrogen-bond acceptors (Lipinski definition) is 4. The summed E-state index contributed by atoms with van der Waals surface area (Å²) in [6.45, 7) is 8.03. The number of rotatable bonds is 7. The van der Waals surface area contributed by atoms with Crippen molar-refractivity contribution < 1.29 is 14.3 Å². The summed E-state index contributed by atoms with van der Waals surface area (Å²) in [5.41, 5.74) is 0.491. The van der Waals surface area contributed by atoms with Crippen LogP contribution in [0.1, 0.15) is 50.4 Å². The molecule has 1 fully saturated rings. The molecule has 1 aromatic rings. The lowest BCUT2D eigenvalue weighted by molar-refractivity contribution is 0.0919. The van der Waals surface area contributed by atoms with Crippen molar-refractivity contribution in [1.82, 2.24) is 10.6 Å². The molecule has 1 aliphatic rings. The van der Waals surface area contributed by atoms with Crippen LogP contribution in [0.2, 0.25) is 5.02 Å². The molecule has 2 unspecified atom stereocenters. The van der Waals surface area contributed by atoms with E-state index in [-0.39, 0.29) is 18.0 Å². The Kier molecular flexibility index (Phi) is 7.18. The predicted octanol–water partition coefficient (Wildman–Crippen LogP) is 3.40. The number of benzene rings is 1. The van der Waals surface area contributed by atoms with Gasteiger partial charge in [-0.15, -0.1) is 0 Å². The lowest BCUT2D eigenvalue weighted by Crippen LogP contribution is -2.51. The van der Waals surface area contributed by atoms with Gasteiger partial charge in [-0.1, -0.05) is 18.5 Å². The van der Waals surface area contributed by atoms with Crippen molar-refractivity contribution in [2.75, 3.05) is 19.8 Å². The maximum absolute atomic E-state index is 12.6. The number of piperidine rings is 1. The second-order valence-corrected chi connectivity index (χ2v) is 6.44. The third-order valence-corrected chi connectivity index (χ3v) is 4.38. The highest BCUT2D eigenvalue weighted by atomic mass is 35.5. The van der Waals surface area contributed by atoms with E-state index in [4.69, 9.17) is 21.1 Å². The van der Waals surface area contributed by atoms with Crippen LogP contribution in [-0.4, -0.2) is 37.7 Å². The quantitative estimate of drug-likeness (QED) is 0.788. The minimum absolute atomic E-state index is 0.122. The maximum atomic E-state index is 12.6. The fourth-order valence-corrected chi connectivity index (χ4v) is 3.06. The van der Waals surface area contributed by atoms with Crippen LogP contribution in [0.15, 0.2) is 12.1 Å². The molecule has 0 radical (unpaired) electrons. The Morgan fingerprint density at radius 1 is 1.38 bits per heavy atom. The van der Waals surface area contributed by atoms with Crippen LogP contribution in [0.4, 0.5) is 0 Å². The van der Waals surface area contributed by atoms with Gasteiger partial charge in [0.2, 0.25) is 0 Å². The summed E-state index contributed by atoms with van der Waals surface area (Å²) in [6, 6.07) is 3.73. The van der Waals surface area contributed by atoms with E-state index in [1.165, 1.54) is 0 Å². The molecule has 0 aliphatic carbocycles. The van der Waals surface area contributed by atoms with E-state index in [0.717, 1.165) is 25.8 Å². The van der Waals surface area contributed by atoms with E-state index in [1.807, 2.05) is 13.8 Å². The molecule has 0 bridgehead atoms. The molecule has 5 nitrogen and oxygen atoms in total. The zero-order valence-electron chi connectivity index (χ0n) is 14.7. The molecule has 24 heavy (non-hydrogen) atoms. The van der Waals surface area contributed by atoms with Gasteiger partial charge in [0.15, 0.2) is 11.5 Å². The standard InChI is InChI=1S/C18H27ClN2O3/c1-4-9-24-17-14(19)10-13(11-16(17)23-5-2)18(22)21-15-7-6-8-20-12(15)3/h10-12,15,20H,4-9H2,1-3H3,(H,21,22). The Morgan fingerprint density at radius 3 is 2.83 bits per heavy atom. The first-order valence-corrected chi connectivity index (χ1v) is 9.08. The molecule has 0 saturated carbocycles. The fraction of sp³-hybridized carbons (Fsp3) is 0.611. The Bertz CT molecular complexity index is 565. The maximum Gasteiger partial charge on any atom is 0.251 e. The normalized spacial score (nSPS) is 20.5. The largest absolute Gasteiger partial charge is 0.490 e. The van der Waals surface area contributed by atoms with Gasteiger partial charge in [0.05, 0.1) is 18.2 Å². The van der Waals surface area contributed by atoms with Crippen LogP contribution in [0.25, 0.3) is 0 Å². The highest BCUT2D eigenvalue weighted by molar-refractivity contribution is 6.32. The van der Waals surface area contributed by atoms with Crippen LogP contribution in [-0.2, 0) is 0 Å². The minimum Gasteiger partial charge on any atom is -0.490 e. The summed E-state index contributed by atoms with van der Waals surface area (Å²) < 4.78 is 11.3. The average molecular weight is 355 g/mol. The molecule has 0 aromatic heterocycles. The van der Waals surface area contributed by atoms with Crippen LogP contribution >= 0.6 is 11.6 Å². The summed E-state index contributed by atoms with van der Waals surface area (Å²) in [4.78, 5) is 12.6. The van der Waals surface area contributed by atoms with Gasteiger partial charge in [0, 0.05) is 17.6 Å². The third-order valence-electron chi connectivity index (χ3n) is 4.10. The molecule has 2 rings (SSSR count). The Morgan fingerprint density at radius 2 is 2.17 bits per heavy atom. The Balaban J connectivity index is 2.18.